The number of imidazole rings is 1. The number of rotatable bonds is 8. The molecule has 0 aliphatic carbocycles. The summed E-state index contributed by atoms with van der Waals surface area (Å²) in [7, 11) is 0. The van der Waals surface area contributed by atoms with Crippen LogP contribution in [0.4, 0.5) is 10.6 Å². The lowest BCUT2D eigenvalue weighted by molar-refractivity contribution is -0.185. The van der Waals surface area contributed by atoms with Gasteiger partial charge in [-0.2, -0.15) is 0 Å². The molecule has 1 fully saturated rings. The average Bonchev–Trinajstić information content (AvgIpc) is 3.30. The monoisotopic (exact) mass is 567 g/mol. The van der Waals surface area contributed by atoms with Crippen molar-refractivity contribution in [2.75, 3.05) is 11.9 Å². The van der Waals surface area contributed by atoms with Gasteiger partial charge in [0, 0.05) is 0 Å². The van der Waals surface area contributed by atoms with Crippen LogP contribution >= 0.6 is 0 Å². The number of H-pyrrole nitrogens is 1. The van der Waals surface area contributed by atoms with Crippen molar-refractivity contribution < 1.29 is 43.9 Å². The quantitative estimate of drug-likeness (QED) is 0.196. The SMILES string of the molecule is CC(C)(C)OC(=O)C[C@H](NC(=O)OC(C)(C)C)C(=O)N[C@@H]1[C@@H](O)[C@H](O)[C@@H](Nc2ncnc3nc[nH]c23)O[C@H]1CO. The van der Waals surface area contributed by atoms with Gasteiger partial charge in [-0.1, -0.05) is 0 Å². The summed E-state index contributed by atoms with van der Waals surface area (Å²) >= 11 is 0. The van der Waals surface area contributed by atoms with Crippen molar-refractivity contribution in [3.63, 3.8) is 0 Å². The lowest BCUT2D eigenvalue weighted by Crippen LogP contribution is -2.67. The molecule has 6 atom stereocenters. The predicted molar refractivity (Wildman–Crippen MR) is 139 cm³/mol. The molecule has 1 aliphatic heterocycles. The van der Waals surface area contributed by atoms with E-state index in [1.807, 2.05) is 0 Å². The zero-order valence-electron chi connectivity index (χ0n) is 23.2. The number of amides is 2. The van der Waals surface area contributed by atoms with Crippen LogP contribution in [0.25, 0.3) is 11.2 Å². The van der Waals surface area contributed by atoms with Crippen molar-refractivity contribution in [1.29, 1.82) is 0 Å². The van der Waals surface area contributed by atoms with E-state index in [0.717, 1.165) is 0 Å². The number of hydrogen-bond acceptors (Lipinski definition) is 13. The summed E-state index contributed by atoms with van der Waals surface area (Å²) in [5, 5.41) is 39.3. The van der Waals surface area contributed by atoms with E-state index in [0.29, 0.717) is 11.2 Å². The van der Waals surface area contributed by atoms with Crippen LogP contribution in [0.3, 0.4) is 0 Å². The van der Waals surface area contributed by atoms with E-state index in [4.69, 9.17) is 14.2 Å². The highest BCUT2D eigenvalue weighted by molar-refractivity contribution is 5.90. The second-order valence-electron chi connectivity index (χ2n) is 11.3. The van der Waals surface area contributed by atoms with Crippen molar-refractivity contribution in [3.05, 3.63) is 12.7 Å². The van der Waals surface area contributed by atoms with E-state index in [-0.39, 0.29) is 5.82 Å². The Morgan fingerprint density at radius 2 is 1.73 bits per heavy atom. The zero-order chi connectivity index (χ0) is 29.8. The molecule has 0 aromatic carbocycles. The fourth-order valence-electron chi connectivity index (χ4n) is 3.90. The Balaban J connectivity index is 1.75. The molecule has 16 nitrogen and oxygen atoms in total. The Morgan fingerprint density at radius 3 is 2.35 bits per heavy atom. The molecule has 0 spiro atoms. The van der Waals surface area contributed by atoms with Crippen molar-refractivity contribution in [1.82, 2.24) is 30.6 Å². The number of aliphatic hydroxyl groups excluding tert-OH is 3. The molecule has 16 heteroatoms. The molecule has 0 radical (unpaired) electrons. The Labute approximate surface area is 230 Å². The maximum absolute atomic E-state index is 13.3. The van der Waals surface area contributed by atoms with Gasteiger partial charge in [0.2, 0.25) is 5.91 Å². The molecule has 2 amide bonds. The third kappa shape index (κ3) is 8.20. The molecule has 40 heavy (non-hydrogen) atoms. The number of nitrogens with one attached hydrogen (secondary N) is 4. The van der Waals surface area contributed by atoms with Crippen LogP contribution < -0.4 is 16.0 Å². The summed E-state index contributed by atoms with van der Waals surface area (Å²) < 4.78 is 16.2. The third-order valence-electron chi connectivity index (χ3n) is 5.54. The molecule has 1 saturated heterocycles. The minimum Gasteiger partial charge on any atom is -0.460 e. The number of hydrogen-bond donors (Lipinski definition) is 7. The number of nitrogens with zero attached hydrogens (tertiary/aromatic N) is 3. The topological polar surface area (TPSA) is 230 Å². The van der Waals surface area contributed by atoms with E-state index in [1.165, 1.54) is 12.7 Å². The largest absolute Gasteiger partial charge is 0.460 e. The number of aromatic amines is 1. The molecule has 2 aromatic rings. The summed E-state index contributed by atoms with van der Waals surface area (Å²) in [4.78, 5) is 53.1. The summed E-state index contributed by atoms with van der Waals surface area (Å²) in [6.07, 6.45) is -4.59. The molecule has 2 aromatic heterocycles. The fraction of sp³-hybridized carbons (Fsp3) is 0.667. The Kier molecular flexibility index (Phi) is 9.50. The normalized spacial score (nSPS) is 24.2. The second kappa shape index (κ2) is 12.3. The van der Waals surface area contributed by atoms with E-state index in [9.17, 15) is 29.7 Å². The first kappa shape index (κ1) is 30.9. The van der Waals surface area contributed by atoms with E-state index in [2.05, 4.69) is 35.9 Å². The molecule has 1 aliphatic rings. The van der Waals surface area contributed by atoms with Gasteiger partial charge in [-0.15, -0.1) is 0 Å². The number of carbonyl (C=O) groups excluding carboxylic acids is 3. The molecular formula is C24H37N7O9. The summed E-state index contributed by atoms with van der Waals surface area (Å²) in [6, 6.07) is -2.80. The number of alkyl carbamates (subject to hydrolysis) is 1. The van der Waals surface area contributed by atoms with Crippen molar-refractivity contribution >= 4 is 35.0 Å². The lowest BCUT2D eigenvalue weighted by atomic mass is 9.95. The minimum absolute atomic E-state index is 0.219. The summed E-state index contributed by atoms with van der Waals surface area (Å²) in [5.74, 6) is -1.46. The number of fused-ring (bicyclic) bond motifs is 1. The Hall–Kier alpha value is -3.60. The van der Waals surface area contributed by atoms with Crippen LogP contribution in [0.1, 0.15) is 48.0 Å². The van der Waals surface area contributed by atoms with Crippen LogP contribution in [0.15, 0.2) is 12.7 Å². The molecule has 3 rings (SSSR count). The highest BCUT2D eigenvalue weighted by atomic mass is 16.6. The Bertz CT molecular complexity index is 1160. The van der Waals surface area contributed by atoms with Gasteiger partial charge >= 0.3 is 12.1 Å². The highest BCUT2D eigenvalue weighted by Crippen LogP contribution is 2.25. The summed E-state index contributed by atoms with van der Waals surface area (Å²) in [6.45, 7) is 9.16. The number of anilines is 1. The molecular weight excluding hydrogens is 530 g/mol. The molecule has 222 valence electrons. The first-order valence-corrected chi connectivity index (χ1v) is 12.6. The van der Waals surface area contributed by atoms with Gasteiger partial charge in [0.15, 0.2) is 17.7 Å². The molecule has 0 unspecified atom stereocenters. The highest BCUT2D eigenvalue weighted by Gasteiger charge is 2.46. The maximum atomic E-state index is 13.3. The van der Waals surface area contributed by atoms with Gasteiger partial charge < -0.3 is 50.5 Å². The number of carbonyl (C=O) groups is 3. The standard InChI is InChI=1S/C24H37N7O9/c1-23(2,3)39-13(33)7-11(29-22(37)40-24(4,5)6)20(36)30-14-12(8-32)38-21(17(35)16(14)34)31-19-15-18(26-9-25-15)27-10-28-19/h9-12,14,16-17,21,32,34-35H,7-8H2,1-6H3,(H,29,37)(H,30,36)(H2,25,26,27,28,31)/t11-,12-,14-,16+,17-,21-/m0/s1. The van der Waals surface area contributed by atoms with Gasteiger partial charge in [0.1, 0.15) is 47.4 Å². The van der Waals surface area contributed by atoms with Gasteiger partial charge in [0.25, 0.3) is 0 Å². The smallest absolute Gasteiger partial charge is 0.408 e. The molecule has 0 bridgehead atoms. The number of ether oxygens (including phenoxy) is 3. The number of aromatic nitrogens is 4. The summed E-state index contributed by atoms with van der Waals surface area (Å²) in [5.41, 5.74) is -0.969. The lowest BCUT2D eigenvalue weighted by Gasteiger charge is -2.43. The van der Waals surface area contributed by atoms with Crippen molar-refractivity contribution in [2.45, 2.75) is 95.8 Å². The van der Waals surface area contributed by atoms with E-state index >= 15 is 0 Å². The molecule has 7 N–H and O–H groups in total. The average molecular weight is 568 g/mol. The fourth-order valence-corrected chi connectivity index (χ4v) is 3.90. The van der Waals surface area contributed by atoms with Crippen LogP contribution in [0, 0.1) is 0 Å². The zero-order valence-corrected chi connectivity index (χ0v) is 23.2. The van der Waals surface area contributed by atoms with Crippen molar-refractivity contribution in [3.8, 4) is 0 Å². The van der Waals surface area contributed by atoms with E-state index in [1.54, 1.807) is 41.5 Å². The van der Waals surface area contributed by atoms with Gasteiger partial charge in [-0.3, -0.25) is 9.59 Å². The maximum Gasteiger partial charge on any atom is 0.408 e. The number of aliphatic hydroxyl groups is 3. The first-order valence-electron chi connectivity index (χ1n) is 12.6. The Morgan fingerprint density at radius 1 is 1.05 bits per heavy atom. The number of esters is 1. The van der Waals surface area contributed by atoms with Crippen LogP contribution in [0.5, 0.6) is 0 Å². The van der Waals surface area contributed by atoms with Gasteiger partial charge in [-0.25, -0.2) is 19.7 Å². The third-order valence-corrected chi connectivity index (χ3v) is 5.54. The van der Waals surface area contributed by atoms with E-state index < -0.39 is 78.8 Å². The van der Waals surface area contributed by atoms with Crippen LogP contribution in [-0.2, 0) is 23.8 Å². The van der Waals surface area contributed by atoms with Crippen molar-refractivity contribution in [2.24, 2.45) is 0 Å². The first-order chi connectivity index (χ1) is 18.6. The second-order valence-corrected chi connectivity index (χ2v) is 11.3. The predicted octanol–water partition coefficient (Wildman–Crippen LogP) is -0.686. The molecule has 3 heterocycles. The van der Waals surface area contributed by atoms with Crippen LogP contribution in [0.2, 0.25) is 0 Å². The van der Waals surface area contributed by atoms with Crippen LogP contribution in [-0.4, -0.2) is 108 Å². The van der Waals surface area contributed by atoms with Gasteiger partial charge in [-0.05, 0) is 41.5 Å². The minimum atomic E-state index is -1.64. The molecule has 0 saturated carbocycles. The van der Waals surface area contributed by atoms with Gasteiger partial charge in [0.05, 0.1) is 25.4 Å².